The number of nitrogens with zero attached hydrogens (tertiary/aromatic N) is 1. The number of hydrogen-bond acceptors (Lipinski definition) is 6. The van der Waals surface area contributed by atoms with Gasteiger partial charge in [0.05, 0.1) is 18.1 Å². The third kappa shape index (κ3) is 3.83. The maximum atomic E-state index is 13.4. The van der Waals surface area contributed by atoms with Gasteiger partial charge in [0, 0.05) is 19.1 Å². The predicted octanol–water partition coefficient (Wildman–Crippen LogP) is 4.87. The molecule has 1 N–H and O–H groups in total. The Labute approximate surface area is 194 Å². The van der Waals surface area contributed by atoms with Crippen LogP contribution in [0.5, 0.6) is 17.2 Å². The van der Waals surface area contributed by atoms with Gasteiger partial charge in [0.15, 0.2) is 11.5 Å². The largest absolute Gasteiger partial charge is 0.586 e. The molecule has 0 spiro atoms. The van der Waals surface area contributed by atoms with Crippen molar-refractivity contribution in [1.82, 2.24) is 4.98 Å². The molecule has 7 nitrogen and oxygen atoms in total. The summed E-state index contributed by atoms with van der Waals surface area (Å²) in [6, 6.07) is 14.1. The summed E-state index contributed by atoms with van der Waals surface area (Å²) in [5.74, 6) is -0.781. The van der Waals surface area contributed by atoms with Crippen LogP contribution in [-0.2, 0) is 16.6 Å². The molecule has 5 rings (SSSR count). The molecule has 176 valence electrons. The molecule has 1 aliphatic heterocycles. The summed E-state index contributed by atoms with van der Waals surface area (Å²) in [6.07, 6.45) is -2.48. The predicted molar refractivity (Wildman–Crippen MR) is 118 cm³/mol. The van der Waals surface area contributed by atoms with Gasteiger partial charge < -0.3 is 19.3 Å². The quantitative estimate of drug-likeness (QED) is 0.528. The van der Waals surface area contributed by atoms with E-state index in [2.05, 4.69) is 14.5 Å². The number of halogens is 2. The van der Waals surface area contributed by atoms with E-state index in [-0.39, 0.29) is 30.7 Å². The van der Waals surface area contributed by atoms with E-state index in [0.717, 1.165) is 0 Å². The Hall–Kier alpha value is -4.01. The minimum Gasteiger partial charge on any atom is -0.494 e. The van der Waals surface area contributed by atoms with E-state index in [1.807, 2.05) is 0 Å². The summed E-state index contributed by atoms with van der Waals surface area (Å²) < 4.78 is 41.1. The van der Waals surface area contributed by atoms with E-state index in [1.165, 1.54) is 31.4 Å². The lowest BCUT2D eigenvalue weighted by Gasteiger charge is -2.16. The number of rotatable bonds is 7. The number of aromatic carboxylic acids is 1. The van der Waals surface area contributed by atoms with E-state index in [9.17, 15) is 18.4 Å². The number of hydrogen-bond donors (Lipinski definition) is 1. The lowest BCUT2D eigenvalue weighted by molar-refractivity contribution is -0.286. The third-order valence-corrected chi connectivity index (χ3v) is 6.12. The number of Topliss-reactive ketones (excluding diaryl/α,β-unsaturated/α-hetero) is 1. The van der Waals surface area contributed by atoms with Gasteiger partial charge in [-0.15, -0.1) is 8.78 Å². The number of alkyl halides is 2. The monoisotopic (exact) mass is 469 g/mol. The summed E-state index contributed by atoms with van der Waals surface area (Å²) in [6.45, 7) is 0. The second-order valence-corrected chi connectivity index (χ2v) is 8.25. The van der Waals surface area contributed by atoms with Gasteiger partial charge in [-0.3, -0.25) is 4.79 Å². The van der Waals surface area contributed by atoms with Crippen LogP contribution in [0.15, 0.2) is 54.6 Å². The number of benzene rings is 2. The number of carbonyl (C=O) groups is 2. The van der Waals surface area contributed by atoms with Crippen molar-refractivity contribution in [3.63, 3.8) is 0 Å². The van der Waals surface area contributed by atoms with Crippen LogP contribution in [-0.4, -0.2) is 35.2 Å². The minimum absolute atomic E-state index is 0. The van der Waals surface area contributed by atoms with Crippen LogP contribution in [0.25, 0.3) is 11.3 Å². The summed E-state index contributed by atoms with van der Waals surface area (Å²) >= 11 is 0. The lowest BCUT2D eigenvalue weighted by Crippen LogP contribution is -2.26. The number of carbonyl (C=O) groups excluding carboxylic acids is 1. The SMILES string of the molecule is COc1ccc(CC(=O)C2(c3ccc4c(c3)OC(F)(F)O4)CC2)nc1-c1ccc(C(=O)O)cc1.[HH]. The highest BCUT2D eigenvalue weighted by Crippen LogP contribution is 2.52. The number of ketones is 1. The number of pyridine rings is 1. The molecule has 2 aliphatic rings. The zero-order valence-electron chi connectivity index (χ0n) is 18.0. The van der Waals surface area contributed by atoms with Crippen LogP contribution in [0.3, 0.4) is 0 Å². The highest BCUT2D eigenvalue weighted by Gasteiger charge is 2.52. The Kier molecular flexibility index (Phi) is 5.00. The van der Waals surface area contributed by atoms with Crippen LogP contribution >= 0.6 is 0 Å². The van der Waals surface area contributed by atoms with Gasteiger partial charge in [-0.25, -0.2) is 9.78 Å². The zero-order chi connectivity index (χ0) is 24.1. The summed E-state index contributed by atoms with van der Waals surface area (Å²) in [7, 11) is 1.50. The van der Waals surface area contributed by atoms with Crippen molar-refractivity contribution in [2.24, 2.45) is 0 Å². The lowest BCUT2D eigenvalue weighted by atomic mass is 9.88. The highest BCUT2D eigenvalue weighted by atomic mass is 19.3. The molecule has 9 heteroatoms. The molecule has 1 aliphatic carbocycles. The Bertz CT molecular complexity index is 1310. The molecule has 2 aromatic carbocycles. The molecular formula is C25H21F2NO6. The topological polar surface area (TPSA) is 95.0 Å². The van der Waals surface area contributed by atoms with Gasteiger partial charge in [-0.2, -0.15) is 0 Å². The highest BCUT2D eigenvalue weighted by molar-refractivity contribution is 5.94. The first-order valence-electron chi connectivity index (χ1n) is 10.5. The number of carboxylic acids is 1. The van der Waals surface area contributed by atoms with Crippen molar-refractivity contribution >= 4 is 11.8 Å². The van der Waals surface area contributed by atoms with Crippen molar-refractivity contribution in [3.8, 4) is 28.5 Å². The minimum atomic E-state index is -3.71. The fraction of sp³-hybridized carbons (Fsp3) is 0.240. The van der Waals surface area contributed by atoms with Gasteiger partial charge in [-0.05, 0) is 54.8 Å². The number of ether oxygens (including phenoxy) is 3. The van der Waals surface area contributed by atoms with Gasteiger partial charge in [-0.1, -0.05) is 18.2 Å². The first kappa shape index (κ1) is 21.8. The van der Waals surface area contributed by atoms with Gasteiger partial charge >= 0.3 is 12.3 Å². The molecule has 0 unspecified atom stereocenters. The van der Waals surface area contributed by atoms with Crippen LogP contribution in [0, 0.1) is 0 Å². The molecule has 0 amide bonds. The van der Waals surface area contributed by atoms with Crippen molar-refractivity contribution in [2.45, 2.75) is 31.0 Å². The van der Waals surface area contributed by atoms with Gasteiger partial charge in [0.2, 0.25) is 0 Å². The van der Waals surface area contributed by atoms with Crippen LogP contribution in [0.1, 0.15) is 35.9 Å². The summed E-state index contributed by atoms with van der Waals surface area (Å²) in [5.41, 5.74) is 1.62. The van der Waals surface area contributed by atoms with Crippen molar-refractivity contribution in [2.75, 3.05) is 7.11 Å². The molecule has 0 radical (unpaired) electrons. The molecule has 1 fully saturated rings. The molecule has 34 heavy (non-hydrogen) atoms. The summed E-state index contributed by atoms with van der Waals surface area (Å²) in [5, 5.41) is 9.11. The molecule has 0 saturated heterocycles. The van der Waals surface area contributed by atoms with Crippen LogP contribution in [0.2, 0.25) is 0 Å². The zero-order valence-corrected chi connectivity index (χ0v) is 18.0. The average Bonchev–Trinajstić information content (AvgIpc) is 3.56. The fourth-order valence-electron chi connectivity index (χ4n) is 4.16. The van der Waals surface area contributed by atoms with Crippen LogP contribution < -0.4 is 14.2 Å². The number of fused-ring (bicyclic) bond motifs is 1. The second-order valence-electron chi connectivity index (χ2n) is 8.25. The fourth-order valence-corrected chi connectivity index (χ4v) is 4.16. The molecule has 3 aromatic rings. The maximum Gasteiger partial charge on any atom is 0.586 e. The van der Waals surface area contributed by atoms with E-state index in [4.69, 9.17) is 9.84 Å². The van der Waals surface area contributed by atoms with E-state index < -0.39 is 17.7 Å². The Balaban J connectivity index is 0.00000289. The molecule has 1 aromatic heterocycles. The maximum absolute atomic E-state index is 13.4. The van der Waals surface area contributed by atoms with E-state index >= 15 is 0 Å². The van der Waals surface area contributed by atoms with Crippen LogP contribution in [0.4, 0.5) is 8.78 Å². The van der Waals surface area contributed by atoms with Crippen molar-refractivity contribution in [3.05, 3.63) is 71.4 Å². The van der Waals surface area contributed by atoms with Gasteiger partial charge in [0.1, 0.15) is 17.2 Å². The second kappa shape index (κ2) is 7.79. The molecule has 2 heterocycles. The molecule has 1 saturated carbocycles. The average molecular weight is 469 g/mol. The first-order chi connectivity index (χ1) is 16.2. The molecule has 0 bridgehead atoms. The third-order valence-electron chi connectivity index (χ3n) is 6.12. The molecular weight excluding hydrogens is 448 g/mol. The number of aromatic nitrogens is 1. The van der Waals surface area contributed by atoms with E-state index in [1.54, 1.807) is 30.3 Å². The number of methoxy groups -OCH3 is 1. The summed E-state index contributed by atoms with van der Waals surface area (Å²) in [4.78, 5) is 29.0. The van der Waals surface area contributed by atoms with Crippen molar-refractivity contribution in [1.29, 1.82) is 0 Å². The molecule has 0 atom stereocenters. The Morgan fingerprint density at radius 3 is 2.41 bits per heavy atom. The smallest absolute Gasteiger partial charge is 0.494 e. The van der Waals surface area contributed by atoms with Crippen molar-refractivity contribution < 1.29 is 39.1 Å². The normalized spacial score (nSPS) is 16.7. The van der Waals surface area contributed by atoms with Gasteiger partial charge in [0.25, 0.3) is 0 Å². The Morgan fingerprint density at radius 1 is 1.06 bits per heavy atom. The number of carboxylic acid groups (broad SMARTS) is 1. The Morgan fingerprint density at radius 2 is 1.76 bits per heavy atom. The standard InChI is InChI=1S/C25H19F2NO6.H2/c1-32-19-9-7-17(28-22(19)14-2-4-15(5-3-14)23(30)31)13-21(29)24(10-11-24)16-6-8-18-20(12-16)34-25(26,27)33-18;/h2-9,12H,10-11,13H2,1H3,(H,30,31);1H. The first-order valence-corrected chi connectivity index (χ1v) is 10.5. The van der Waals surface area contributed by atoms with E-state index in [0.29, 0.717) is 41.1 Å².